The summed E-state index contributed by atoms with van der Waals surface area (Å²) >= 11 is 6.25. The highest BCUT2D eigenvalue weighted by atomic mass is 35.5. The second kappa shape index (κ2) is 9.09. The Balaban J connectivity index is 1.78. The van der Waals surface area contributed by atoms with Gasteiger partial charge in [0.15, 0.2) is 0 Å². The summed E-state index contributed by atoms with van der Waals surface area (Å²) in [7, 11) is -0.368. The number of hydrogen-bond donors (Lipinski definition) is 0. The van der Waals surface area contributed by atoms with Gasteiger partial charge in [-0.05, 0) is 35.4 Å². The van der Waals surface area contributed by atoms with Gasteiger partial charge < -0.3 is 14.2 Å². The van der Waals surface area contributed by atoms with E-state index >= 15 is 0 Å². The molecule has 0 aromatic heterocycles. The fourth-order valence-corrected chi connectivity index (χ4v) is 4.36. The number of sulfonamides is 1. The molecule has 0 amide bonds. The van der Waals surface area contributed by atoms with Gasteiger partial charge in [-0.25, -0.2) is 12.8 Å². The quantitative estimate of drug-likeness (QED) is 0.626. The van der Waals surface area contributed by atoms with Crippen LogP contribution >= 0.6 is 11.6 Å². The first-order valence-corrected chi connectivity index (χ1v) is 11.7. The van der Waals surface area contributed by atoms with E-state index in [0.717, 1.165) is 16.1 Å². The molecule has 0 unspecified atom stereocenters. The molecule has 0 aliphatic carbocycles. The minimum atomic E-state index is -3.42. The van der Waals surface area contributed by atoms with Crippen molar-refractivity contribution in [1.29, 1.82) is 0 Å². The summed E-state index contributed by atoms with van der Waals surface area (Å²) in [5.74, 6) is -0.0325. The molecule has 0 spiro atoms. The number of ether oxygens (including phenoxy) is 3. The molecule has 0 radical (unpaired) electrons. The number of nitrogens with zero attached hydrogens (tertiary/aromatic N) is 1. The molecule has 1 aliphatic rings. The van der Waals surface area contributed by atoms with Crippen molar-refractivity contribution in [3.05, 3.63) is 58.4 Å². The minimum Gasteiger partial charge on any atom is -0.489 e. The van der Waals surface area contributed by atoms with Crippen molar-refractivity contribution in [2.75, 3.05) is 37.9 Å². The molecule has 6 nitrogen and oxygen atoms in total. The largest absolute Gasteiger partial charge is 0.489 e. The van der Waals surface area contributed by atoms with Crippen LogP contribution in [0.1, 0.15) is 24.0 Å². The molecule has 0 N–H and O–H groups in total. The van der Waals surface area contributed by atoms with Crippen LogP contribution in [0, 0.1) is 5.82 Å². The van der Waals surface area contributed by atoms with Crippen molar-refractivity contribution >= 4 is 27.3 Å². The van der Waals surface area contributed by atoms with Gasteiger partial charge in [0.1, 0.15) is 18.2 Å². The Morgan fingerprint density at radius 1 is 1.20 bits per heavy atom. The molecule has 2 aromatic carbocycles. The average molecular weight is 458 g/mol. The first-order chi connectivity index (χ1) is 14.1. The van der Waals surface area contributed by atoms with E-state index in [1.807, 2.05) is 0 Å². The van der Waals surface area contributed by atoms with Crippen LogP contribution in [0.3, 0.4) is 0 Å². The van der Waals surface area contributed by atoms with Gasteiger partial charge in [0.05, 0.1) is 22.6 Å². The summed E-state index contributed by atoms with van der Waals surface area (Å²) in [5.41, 5.74) is 1.22. The molecule has 164 valence electrons. The smallest absolute Gasteiger partial charge is 0.232 e. The third kappa shape index (κ3) is 5.06. The molecular weight excluding hydrogens is 433 g/mol. The predicted octanol–water partition coefficient (Wildman–Crippen LogP) is 4.11. The minimum absolute atomic E-state index is 0.147. The fourth-order valence-electron chi connectivity index (χ4n) is 3.46. The zero-order valence-corrected chi connectivity index (χ0v) is 18.7. The molecule has 2 aromatic rings. The van der Waals surface area contributed by atoms with Crippen LogP contribution in [0.4, 0.5) is 10.1 Å². The molecule has 0 atom stereocenters. The van der Waals surface area contributed by atoms with E-state index in [-0.39, 0.29) is 11.6 Å². The SMILES string of the molecule is COC1(c2cc(F)cc(OCc3ccc(N(C)S(C)(=O)=O)c(Cl)c3)c2)CCOCC1. The Bertz CT molecular complexity index is 1010. The number of benzene rings is 2. The molecule has 0 bridgehead atoms. The zero-order valence-electron chi connectivity index (χ0n) is 17.2. The predicted molar refractivity (Wildman–Crippen MR) is 114 cm³/mol. The summed E-state index contributed by atoms with van der Waals surface area (Å²) < 4.78 is 55.8. The van der Waals surface area contributed by atoms with Gasteiger partial charge in [-0.2, -0.15) is 0 Å². The lowest BCUT2D eigenvalue weighted by Crippen LogP contribution is -2.35. The van der Waals surface area contributed by atoms with Crippen LogP contribution in [-0.2, 0) is 31.7 Å². The van der Waals surface area contributed by atoms with Crippen LogP contribution in [0.25, 0.3) is 0 Å². The van der Waals surface area contributed by atoms with E-state index in [4.69, 9.17) is 25.8 Å². The Kier molecular flexibility index (Phi) is 6.91. The van der Waals surface area contributed by atoms with Crippen LogP contribution in [0.15, 0.2) is 36.4 Å². The Morgan fingerprint density at radius 2 is 1.90 bits per heavy atom. The fraction of sp³-hybridized carbons (Fsp3) is 0.429. The van der Waals surface area contributed by atoms with Crippen molar-refractivity contribution in [1.82, 2.24) is 0 Å². The molecule has 1 saturated heterocycles. The monoisotopic (exact) mass is 457 g/mol. The molecule has 1 fully saturated rings. The molecule has 9 heteroatoms. The average Bonchev–Trinajstić information content (AvgIpc) is 2.71. The highest BCUT2D eigenvalue weighted by molar-refractivity contribution is 7.92. The Morgan fingerprint density at radius 3 is 2.50 bits per heavy atom. The van der Waals surface area contributed by atoms with Crippen molar-refractivity contribution in [3.8, 4) is 5.75 Å². The summed E-state index contributed by atoms with van der Waals surface area (Å²) in [6, 6.07) is 9.53. The normalized spacial score (nSPS) is 16.3. The second-order valence-electron chi connectivity index (χ2n) is 7.29. The van der Waals surface area contributed by atoms with Crippen molar-refractivity contribution < 1.29 is 27.0 Å². The van der Waals surface area contributed by atoms with Crippen LogP contribution < -0.4 is 9.04 Å². The molecule has 0 saturated carbocycles. The first-order valence-electron chi connectivity index (χ1n) is 9.44. The zero-order chi connectivity index (χ0) is 21.9. The number of anilines is 1. The van der Waals surface area contributed by atoms with E-state index < -0.39 is 21.4 Å². The van der Waals surface area contributed by atoms with Gasteiger partial charge in [0.2, 0.25) is 10.0 Å². The van der Waals surface area contributed by atoms with Gasteiger partial charge in [-0.1, -0.05) is 17.7 Å². The van der Waals surface area contributed by atoms with Gasteiger partial charge >= 0.3 is 0 Å². The van der Waals surface area contributed by atoms with Gasteiger partial charge in [0, 0.05) is 46.3 Å². The van der Waals surface area contributed by atoms with Gasteiger partial charge in [0.25, 0.3) is 0 Å². The number of halogens is 2. The van der Waals surface area contributed by atoms with E-state index in [1.54, 1.807) is 31.4 Å². The molecule has 3 rings (SSSR count). The van der Waals surface area contributed by atoms with Crippen molar-refractivity contribution in [3.63, 3.8) is 0 Å². The lowest BCUT2D eigenvalue weighted by atomic mass is 9.86. The Hall–Kier alpha value is -1.87. The number of rotatable bonds is 7. The molecule has 1 heterocycles. The third-order valence-corrected chi connectivity index (χ3v) is 6.84. The highest BCUT2D eigenvalue weighted by Crippen LogP contribution is 2.37. The highest BCUT2D eigenvalue weighted by Gasteiger charge is 2.35. The standard InChI is InChI=1S/C21H25ClFNO5S/c1-24(30(3,25)26)20-5-4-15(10-19(20)22)14-29-18-12-16(11-17(23)13-18)21(27-2)6-8-28-9-7-21/h4-5,10-13H,6-9,14H2,1-3H3. The molecule has 1 aliphatic heterocycles. The van der Waals surface area contributed by atoms with Crippen LogP contribution in [0.2, 0.25) is 5.02 Å². The maximum atomic E-state index is 14.3. The second-order valence-corrected chi connectivity index (χ2v) is 9.71. The van der Waals surface area contributed by atoms with E-state index in [9.17, 15) is 12.8 Å². The third-order valence-electron chi connectivity index (χ3n) is 5.34. The van der Waals surface area contributed by atoms with E-state index in [1.165, 1.54) is 19.2 Å². The Labute approximate surface area is 181 Å². The summed E-state index contributed by atoms with van der Waals surface area (Å²) in [6.45, 7) is 1.25. The maximum Gasteiger partial charge on any atom is 0.232 e. The van der Waals surface area contributed by atoms with Gasteiger partial charge in [-0.15, -0.1) is 0 Å². The lowest BCUT2D eigenvalue weighted by Gasteiger charge is -2.36. The first kappa shape index (κ1) is 22.8. The van der Waals surface area contributed by atoms with E-state index in [2.05, 4.69) is 0 Å². The summed E-state index contributed by atoms with van der Waals surface area (Å²) in [5, 5.41) is 0.282. The number of hydrogen-bond acceptors (Lipinski definition) is 5. The van der Waals surface area contributed by atoms with Crippen LogP contribution in [0.5, 0.6) is 5.75 Å². The maximum absolute atomic E-state index is 14.3. The topological polar surface area (TPSA) is 65.1 Å². The summed E-state index contributed by atoms with van der Waals surface area (Å²) in [4.78, 5) is 0. The van der Waals surface area contributed by atoms with Crippen molar-refractivity contribution in [2.45, 2.75) is 25.0 Å². The summed E-state index contributed by atoms with van der Waals surface area (Å²) in [6.07, 6.45) is 2.38. The van der Waals surface area contributed by atoms with E-state index in [0.29, 0.717) is 43.1 Å². The molecule has 30 heavy (non-hydrogen) atoms. The van der Waals surface area contributed by atoms with Crippen LogP contribution in [-0.4, -0.2) is 42.0 Å². The lowest BCUT2D eigenvalue weighted by molar-refractivity contribution is -0.0950. The molecular formula is C21H25ClFNO5S. The number of methoxy groups -OCH3 is 1. The van der Waals surface area contributed by atoms with Crippen molar-refractivity contribution in [2.24, 2.45) is 0 Å². The van der Waals surface area contributed by atoms with Gasteiger partial charge in [-0.3, -0.25) is 4.31 Å².